The Hall–Kier alpha value is -3.15. The highest BCUT2D eigenvalue weighted by molar-refractivity contribution is 5.97. The normalized spacial score (nSPS) is 10.5. The van der Waals surface area contributed by atoms with Crippen LogP contribution in [0.1, 0.15) is 17.3 Å². The molecule has 0 fully saturated rings. The number of benzene rings is 2. The molecule has 0 aliphatic rings. The topological polar surface area (TPSA) is 86.9 Å². The number of aromatic nitrogens is 2. The lowest BCUT2D eigenvalue weighted by Crippen LogP contribution is -2.33. The molecule has 1 aromatic heterocycles. The zero-order chi connectivity index (χ0) is 16.9. The molecule has 24 heavy (non-hydrogen) atoms. The van der Waals surface area contributed by atoms with Gasteiger partial charge in [0.2, 0.25) is 5.91 Å². The lowest BCUT2D eigenvalue weighted by Gasteiger charge is -2.05. The predicted molar refractivity (Wildman–Crippen MR) is 92.5 cm³/mol. The molecule has 6 nitrogen and oxygen atoms in total. The molecule has 2 aromatic carbocycles. The molecule has 3 aromatic rings. The number of H-pyrrole nitrogens is 1. The average Bonchev–Trinajstić information content (AvgIpc) is 3.02. The Morgan fingerprint density at radius 3 is 2.54 bits per heavy atom. The van der Waals surface area contributed by atoms with E-state index in [-0.39, 0.29) is 11.8 Å². The Bertz CT molecular complexity index is 871. The van der Waals surface area contributed by atoms with Gasteiger partial charge in [0.25, 0.3) is 5.91 Å². The van der Waals surface area contributed by atoms with Gasteiger partial charge in [-0.25, -0.2) is 4.98 Å². The van der Waals surface area contributed by atoms with Gasteiger partial charge in [-0.05, 0) is 18.2 Å². The van der Waals surface area contributed by atoms with E-state index in [9.17, 15) is 9.59 Å². The van der Waals surface area contributed by atoms with E-state index < -0.39 is 0 Å². The summed E-state index contributed by atoms with van der Waals surface area (Å²) in [6.45, 7) is 2.23. The summed E-state index contributed by atoms with van der Waals surface area (Å²) in [7, 11) is 0. The van der Waals surface area contributed by atoms with Crippen molar-refractivity contribution >= 4 is 22.8 Å². The minimum absolute atomic E-state index is 0.114. The first-order valence-electron chi connectivity index (χ1n) is 7.71. The smallest absolute Gasteiger partial charge is 0.251 e. The van der Waals surface area contributed by atoms with Crippen LogP contribution in [-0.2, 0) is 4.79 Å². The Morgan fingerprint density at radius 1 is 1.04 bits per heavy atom. The lowest BCUT2D eigenvalue weighted by molar-refractivity contribution is -0.118. The van der Waals surface area contributed by atoms with Crippen molar-refractivity contribution in [1.82, 2.24) is 20.6 Å². The molecule has 6 heteroatoms. The summed E-state index contributed by atoms with van der Waals surface area (Å²) in [5.74, 6) is 0.475. The van der Waals surface area contributed by atoms with Crippen LogP contribution in [-0.4, -0.2) is 34.9 Å². The third-order valence-electron chi connectivity index (χ3n) is 3.58. The zero-order valence-corrected chi connectivity index (χ0v) is 13.3. The van der Waals surface area contributed by atoms with E-state index in [0.717, 1.165) is 22.4 Å². The van der Waals surface area contributed by atoms with Crippen LogP contribution < -0.4 is 10.6 Å². The second kappa shape index (κ2) is 6.95. The third kappa shape index (κ3) is 3.60. The summed E-state index contributed by atoms with van der Waals surface area (Å²) in [6, 6.07) is 15.2. The zero-order valence-electron chi connectivity index (χ0n) is 13.3. The molecule has 0 bridgehead atoms. The van der Waals surface area contributed by atoms with Gasteiger partial charge < -0.3 is 15.6 Å². The average molecular weight is 322 g/mol. The number of fused-ring (bicyclic) bond motifs is 1. The van der Waals surface area contributed by atoms with Gasteiger partial charge in [-0.1, -0.05) is 30.3 Å². The van der Waals surface area contributed by atoms with Gasteiger partial charge in [-0.2, -0.15) is 0 Å². The molecular formula is C18H18N4O2. The standard InChI is InChI=1S/C18H18N4O2/c1-12(23)19-9-10-20-18(24)14-7-8-15-16(11-14)22-17(21-15)13-5-3-2-4-6-13/h2-8,11H,9-10H2,1H3,(H,19,23)(H,20,24)(H,21,22). The maximum Gasteiger partial charge on any atom is 0.251 e. The van der Waals surface area contributed by atoms with Crippen LogP contribution in [0.3, 0.4) is 0 Å². The second-order valence-corrected chi connectivity index (χ2v) is 5.42. The maximum atomic E-state index is 12.2. The molecule has 0 aliphatic heterocycles. The first-order valence-corrected chi connectivity index (χ1v) is 7.71. The van der Waals surface area contributed by atoms with Crippen LogP contribution in [0.25, 0.3) is 22.4 Å². The van der Waals surface area contributed by atoms with Crippen LogP contribution in [0.2, 0.25) is 0 Å². The fourth-order valence-corrected chi connectivity index (χ4v) is 2.40. The molecule has 2 amide bonds. The number of nitrogens with one attached hydrogen (secondary N) is 3. The molecule has 3 rings (SSSR count). The van der Waals surface area contributed by atoms with Crippen molar-refractivity contribution in [3.05, 3.63) is 54.1 Å². The number of hydrogen-bond donors (Lipinski definition) is 3. The monoisotopic (exact) mass is 322 g/mol. The van der Waals surface area contributed by atoms with Crippen molar-refractivity contribution in [2.45, 2.75) is 6.92 Å². The van der Waals surface area contributed by atoms with Crippen molar-refractivity contribution in [2.75, 3.05) is 13.1 Å². The molecule has 0 aliphatic carbocycles. The third-order valence-corrected chi connectivity index (χ3v) is 3.58. The van der Waals surface area contributed by atoms with Crippen molar-refractivity contribution in [1.29, 1.82) is 0 Å². The number of nitrogens with zero attached hydrogens (tertiary/aromatic N) is 1. The molecule has 0 radical (unpaired) electrons. The summed E-state index contributed by atoms with van der Waals surface area (Å²) in [5, 5.41) is 5.40. The van der Waals surface area contributed by atoms with Crippen LogP contribution in [0.5, 0.6) is 0 Å². The van der Waals surface area contributed by atoms with E-state index in [1.54, 1.807) is 12.1 Å². The minimum Gasteiger partial charge on any atom is -0.355 e. The van der Waals surface area contributed by atoms with Gasteiger partial charge in [0, 0.05) is 31.1 Å². The van der Waals surface area contributed by atoms with Crippen molar-refractivity contribution in [3.8, 4) is 11.4 Å². The Morgan fingerprint density at radius 2 is 1.79 bits per heavy atom. The van der Waals surface area contributed by atoms with E-state index in [2.05, 4.69) is 20.6 Å². The maximum absolute atomic E-state index is 12.2. The van der Waals surface area contributed by atoms with Gasteiger partial charge >= 0.3 is 0 Å². The number of amides is 2. The summed E-state index contributed by atoms with van der Waals surface area (Å²) >= 11 is 0. The number of hydrogen-bond acceptors (Lipinski definition) is 3. The quantitative estimate of drug-likeness (QED) is 0.629. The number of aromatic amines is 1. The van der Waals surface area contributed by atoms with Crippen molar-refractivity contribution in [2.24, 2.45) is 0 Å². The predicted octanol–water partition coefficient (Wildman–Crippen LogP) is 2.10. The van der Waals surface area contributed by atoms with E-state index in [4.69, 9.17) is 0 Å². The number of rotatable bonds is 5. The summed E-state index contributed by atoms with van der Waals surface area (Å²) in [4.78, 5) is 30.7. The van der Waals surface area contributed by atoms with Crippen molar-refractivity contribution in [3.63, 3.8) is 0 Å². The Labute approximate surface area is 139 Å². The van der Waals surface area contributed by atoms with E-state index >= 15 is 0 Å². The molecule has 0 saturated heterocycles. The van der Waals surface area contributed by atoms with E-state index in [1.165, 1.54) is 6.92 Å². The molecule has 0 saturated carbocycles. The van der Waals surface area contributed by atoms with Gasteiger partial charge in [0.05, 0.1) is 11.0 Å². The summed E-state index contributed by atoms with van der Waals surface area (Å²) in [5.41, 5.74) is 3.16. The van der Waals surface area contributed by atoms with Crippen LogP contribution >= 0.6 is 0 Å². The van der Waals surface area contributed by atoms with Crippen LogP contribution in [0.15, 0.2) is 48.5 Å². The first-order chi connectivity index (χ1) is 11.6. The van der Waals surface area contributed by atoms with E-state index in [1.807, 2.05) is 36.4 Å². The molecule has 0 unspecified atom stereocenters. The highest BCUT2D eigenvalue weighted by atomic mass is 16.2. The van der Waals surface area contributed by atoms with Crippen LogP contribution in [0, 0.1) is 0 Å². The summed E-state index contributed by atoms with van der Waals surface area (Å²) < 4.78 is 0. The molecular weight excluding hydrogens is 304 g/mol. The molecule has 0 spiro atoms. The molecule has 3 N–H and O–H groups in total. The highest BCUT2D eigenvalue weighted by Gasteiger charge is 2.09. The van der Waals surface area contributed by atoms with E-state index in [0.29, 0.717) is 18.7 Å². The number of imidazole rings is 1. The lowest BCUT2D eigenvalue weighted by atomic mass is 10.2. The first kappa shape index (κ1) is 15.7. The fourth-order valence-electron chi connectivity index (χ4n) is 2.40. The van der Waals surface area contributed by atoms with Gasteiger partial charge in [0.1, 0.15) is 5.82 Å². The highest BCUT2D eigenvalue weighted by Crippen LogP contribution is 2.21. The van der Waals surface area contributed by atoms with Crippen LogP contribution in [0.4, 0.5) is 0 Å². The Balaban J connectivity index is 1.74. The summed E-state index contributed by atoms with van der Waals surface area (Å²) in [6.07, 6.45) is 0. The molecule has 122 valence electrons. The second-order valence-electron chi connectivity index (χ2n) is 5.42. The molecule has 0 atom stereocenters. The minimum atomic E-state index is -0.182. The fraction of sp³-hybridized carbons (Fsp3) is 0.167. The SMILES string of the molecule is CC(=O)NCCNC(=O)c1ccc2nc(-c3ccccc3)[nH]c2c1. The van der Waals surface area contributed by atoms with Gasteiger partial charge in [0.15, 0.2) is 0 Å². The van der Waals surface area contributed by atoms with Gasteiger partial charge in [-0.15, -0.1) is 0 Å². The number of carbonyl (C=O) groups excluding carboxylic acids is 2. The molecule has 1 heterocycles. The Kier molecular flexibility index (Phi) is 4.56. The van der Waals surface area contributed by atoms with Gasteiger partial charge in [-0.3, -0.25) is 9.59 Å². The largest absolute Gasteiger partial charge is 0.355 e. The number of carbonyl (C=O) groups is 2. The van der Waals surface area contributed by atoms with Crippen molar-refractivity contribution < 1.29 is 9.59 Å².